The Morgan fingerprint density at radius 3 is 3.06 bits per heavy atom. The molecule has 1 aromatic carbocycles. The molecule has 0 aliphatic carbocycles. The van der Waals surface area contributed by atoms with Crippen molar-refractivity contribution < 1.29 is 9.13 Å². The standard InChI is InChI=1S/C12H15ClFNO/c13-11-2-1-9(14)6-10(11)12(15)5-8-3-4-16-7-8/h1-2,6,8,12H,3-5,7,15H2. The first-order chi connectivity index (χ1) is 7.66. The van der Waals surface area contributed by atoms with Gasteiger partial charge in [0, 0.05) is 24.3 Å². The highest BCUT2D eigenvalue weighted by molar-refractivity contribution is 6.31. The van der Waals surface area contributed by atoms with Crippen molar-refractivity contribution in [3.8, 4) is 0 Å². The van der Waals surface area contributed by atoms with Gasteiger partial charge in [-0.2, -0.15) is 0 Å². The fourth-order valence-electron chi connectivity index (χ4n) is 2.05. The second-order valence-electron chi connectivity index (χ2n) is 4.24. The molecule has 0 saturated carbocycles. The third kappa shape index (κ3) is 2.73. The fourth-order valence-corrected chi connectivity index (χ4v) is 2.31. The van der Waals surface area contributed by atoms with Crippen LogP contribution in [0.5, 0.6) is 0 Å². The maximum Gasteiger partial charge on any atom is 0.123 e. The summed E-state index contributed by atoms with van der Waals surface area (Å²) in [5, 5.41) is 0.535. The van der Waals surface area contributed by atoms with Crippen molar-refractivity contribution in [1.29, 1.82) is 0 Å². The summed E-state index contributed by atoms with van der Waals surface area (Å²) in [7, 11) is 0. The Kier molecular flexibility index (Phi) is 3.79. The molecular formula is C12H15ClFNO. The molecule has 0 bridgehead atoms. The maximum atomic E-state index is 13.1. The molecular weight excluding hydrogens is 229 g/mol. The molecule has 2 unspecified atom stereocenters. The molecule has 16 heavy (non-hydrogen) atoms. The van der Waals surface area contributed by atoms with Crippen molar-refractivity contribution in [2.24, 2.45) is 11.7 Å². The lowest BCUT2D eigenvalue weighted by molar-refractivity contribution is 0.182. The van der Waals surface area contributed by atoms with Gasteiger partial charge < -0.3 is 10.5 Å². The number of halogens is 2. The largest absolute Gasteiger partial charge is 0.381 e. The summed E-state index contributed by atoms with van der Waals surface area (Å²) in [5.74, 6) is 0.173. The first-order valence-corrected chi connectivity index (χ1v) is 5.83. The zero-order chi connectivity index (χ0) is 11.5. The molecule has 1 aliphatic rings. The van der Waals surface area contributed by atoms with E-state index < -0.39 is 0 Å². The van der Waals surface area contributed by atoms with Gasteiger partial charge in [-0.25, -0.2) is 4.39 Å². The minimum Gasteiger partial charge on any atom is -0.381 e. The van der Waals surface area contributed by atoms with E-state index in [9.17, 15) is 4.39 Å². The predicted molar refractivity (Wildman–Crippen MR) is 61.9 cm³/mol. The van der Waals surface area contributed by atoms with Crippen molar-refractivity contribution in [3.63, 3.8) is 0 Å². The highest BCUT2D eigenvalue weighted by Gasteiger charge is 2.21. The van der Waals surface area contributed by atoms with E-state index in [4.69, 9.17) is 22.1 Å². The summed E-state index contributed by atoms with van der Waals surface area (Å²) in [5.41, 5.74) is 6.73. The molecule has 2 atom stereocenters. The Labute approximate surface area is 99.5 Å². The molecule has 2 N–H and O–H groups in total. The highest BCUT2D eigenvalue weighted by atomic mass is 35.5. The summed E-state index contributed by atoms with van der Waals surface area (Å²) < 4.78 is 18.4. The van der Waals surface area contributed by atoms with Crippen LogP contribution in [-0.2, 0) is 4.74 Å². The van der Waals surface area contributed by atoms with E-state index in [1.165, 1.54) is 12.1 Å². The quantitative estimate of drug-likeness (QED) is 0.886. The molecule has 1 fully saturated rings. The topological polar surface area (TPSA) is 35.2 Å². The van der Waals surface area contributed by atoms with Gasteiger partial charge in [-0.05, 0) is 42.5 Å². The Bertz CT molecular complexity index is 366. The van der Waals surface area contributed by atoms with Crippen LogP contribution >= 0.6 is 11.6 Å². The molecule has 1 heterocycles. The summed E-state index contributed by atoms with van der Waals surface area (Å²) in [6.45, 7) is 1.55. The Hall–Kier alpha value is -0.640. The van der Waals surface area contributed by atoms with Crippen LogP contribution in [-0.4, -0.2) is 13.2 Å². The van der Waals surface area contributed by atoms with Gasteiger partial charge in [0.25, 0.3) is 0 Å². The first-order valence-electron chi connectivity index (χ1n) is 5.45. The van der Waals surface area contributed by atoms with Crippen LogP contribution < -0.4 is 5.73 Å². The van der Waals surface area contributed by atoms with Crippen molar-refractivity contribution in [3.05, 3.63) is 34.6 Å². The van der Waals surface area contributed by atoms with Gasteiger partial charge in [-0.3, -0.25) is 0 Å². The second-order valence-corrected chi connectivity index (χ2v) is 4.64. The van der Waals surface area contributed by atoms with Crippen LogP contribution in [0.25, 0.3) is 0 Å². The molecule has 1 saturated heterocycles. The van der Waals surface area contributed by atoms with Crippen LogP contribution in [0.15, 0.2) is 18.2 Å². The summed E-state index contributed by atoms with van der Waals surface area (Å²) >= 11 is 6.00. The number of benzene rings is 1. The Balaban J connectivity index is 2.07. The number of nitrogens with two attached hydrogens (primary N) is 1. The predicted octanol–water partition coefficient (Wildman–Crippen LogP) is 2.91. The maximum absolute atomic E-state index is 13.1. The average molecular weight is 244 g/mol. The van der Waals surface area contributed by atoms with Crippen molar-refractivity contribution >= 4 is 11.6 Å². The van der Waals surface area contributed by atoms with E-state index in [2.05, 4.69) is 0 Å². The number of rotatable bonds is 3. The van der Waals surface area contributed by atoms with Gasteiger partial charge in [-0.15, -0.1) is 0 Å². The van der Waals surface area contributed by atoms with Crippen LogP contribution in [0, 0.1) is 11.7 Å². The lowest BCUT2D eigenvalue weighted by Gasteiger charge is -2.17. The van der Waals surface area contributed by atoms with E-state index in [0.717, 1.165) is 26.1 Å². The highest BCUT2D eigenvalue weighted by Crippen LogP contribution is 2.29. The molecule has 1 aromatic rings. The van der Waals surface area contributed by atoms with Crippen LogP contribution in [0.4, 0.5) is 4.39 Å². The molecule has 2 nitrogen and oxygen atoms in total. The van der Waals surface area contributed by atoms with E-state index in [0.29, 0.717) is 16.5 Å². The average Bonchev–Trinajstić information content (AvgIpc) is 2.74. The number of ether oxygens (including phenoxy) is 1. The molecule has 1 aliphatic heterocycles. The zero-order valence-electron chi connectivity index (χ0n) is 8.96. The van der Waals surface area contributed by atoms with Crippen molar-refractivity contribution in [2.75, 3.05) is 13.2 Å². The number of hydrogen-bond acceptors (Lipinski definition) is 2. The lowest BCUT2D eigenvalue weighted by Crippen LogP contribution is -2.16. The molecule has 0 spiro atoms. The van der Waals surface area contributed by atoms with Gasteiger partial charge in [-0.1, -0.05) is 11.6 Å². The summed E-state index contributed by atoms with van der Waals surface area (Å²) in [6.07, 6.45) is 1.82. The van der Waals surface area contributed by atoms with E-state index in [-0.39, 0.29) is 11.9 Å². The molecule has 4 heteroatoms. The number of hydrogen-bond donors (Lipinski definition) is 1. The van der Waals surface area contributed by atoms with Gasteiger partial charge in [0.1, 0.15) is 5.82 Å². The van der Waals surface area contributed by atoms with Gasteiger partial charge >= 0.3 is 0 Å². The summed E-state index contributed by atoms with van der Waals surface area (Å²) in [4.78, 5) is 0. The van der Waals surface area contributed by atoms with Gasteiger partial charge in [0.15, 0.2) is 0 Å². The Morgan fingerprint density at radius 2 is 2.38 bits per heavy atom. The summed E-state index contributed by atoms with van der Waals surface area (Å²) in [6, 6.07) is 4.10. The minimum absolute atomic E-state index is 0.213. The minimum atomic E-state index is -0.294. The molecule has 0 radical (unpaired) electrons. The van der Waals surface area contributed by atoms with E-state index in [1.807, 2.05) is 0 Å². The van der Waals surface area contributed by atoms with Crippen LogP contribution in [0.3, 0.4) is 0 Å². The van der Waals surface area contributed by atoms with Crippen molar-refractivity contribution in [1.82, 2.24) is 0 Å². The third-order valence-corrected chi connectivity index (χ3v) is 3.31. The third-order valence-electron chi connectivity index (χ3n) is 2.97. The first kappa shape index (κ1) is 11.8. The Morgan fingerprint density at radius 1 is 1.56 bits per heavy atom. The monoisotopic (exact) mass is 243 g/mol. The van der Waals surface area contributed by atoms with Gasteiger partial charge in [0.05, 0.1) is 0 Å². The molecule has 2 rings (SSSR count). The molecule has 88 valence electrons. The lowest BCUT2D eigenvalue weighted by atomic mass is 9.95. The normalized spacial score (nSPS) is 22.3. The molecule has 0 aromatic heterocycles. The fraction of sp³-hybridized carbons (Fsp3) is 0.500. The SMILES string of the molecule is NC(CC1CCOC1)c1cc(F)ccc1Cl. The van der Waals surface area contributed by atoms with E-state index in [1.54, 1.807) is 6.07 Å². The molecule has 0 amide bonds. The van der Waals surface area contributed by atoms with Crippen molar-refractivity contribution in [2.45, 2.75) is 18.9 Å². The van der Waals surface area contributed by atoms with Crippen LogP contribution in [0.1, 0.15) is 24.4 Å². The smallest absolute Gasteiger partial charge is 0.123 e. The van der Waals surface area contributed by atoms with E-state index >= 15 is 0 Å². The van der Waals surface area contributed by atoms with Crippen LogP contribution in [0.2, 0.25) is 5.02 Å². The van der Waals surface area contributed by atoms with Gasteiger partial charge in [0.2, 0.25) is 0 Å². The zero-order valence-corrected chi connectivity index (χ0v) is 9.71. The second kappa shape index (κ2) is 5.13.